The summed E-state index contributed by atoms with van der Waals surface area (Å²) in [5.74, 6) is 2.38. The van der Waals surface area contributed by atoms with Crippen molar-refractivity contribution in [2.24, 2.45) is 11.8 Å². The Morgan fingerprint density at radius 3 is 1.80 bits per heavy atom. The first-order chi connectivity index (χ1) is 16.3. The quantitative estimate of drug-likeness (QED) is 0.248. The van der Waals surface area contributed by atoms with Crippen LogP contribution in [0.2, 0.25) is 0 Å². The molecule has 1 saturated carbocycles. The van der Waals surface area contributed by atoms with Crippen molar-refractivity contribution in [3.8, 4) is 0 Å². The third kappa shape index (κ3) is 5.16. The Kier molecular flexibility index (Phi) is 8.19. The van der Waals surface area contributed by atoms with E-state index in [2.05, 4.69) is 101 Å². The zero-order valence-corrected chi connectivity index (χ0v) is 27.9. The van der Waals surface area contributed by atoms with Gasteiger partial charge in [0.1, 0.15) is 0 Å². The molecule has 2 bridgehead atoms. The fourth-order valence-corrected chi connectivity index (χ4v) is 13.1. The normalized spacial score (nSPS) is 24.6. The second-order valence-electron chi connectivity index (χ2n) is 13.4. The third-order valence-corrected chi connectivity index (χ3v) is 14.2. The van der Waals surface area contributed by atoms with Crippen LogP contribution in [0.5, 0.6) is 0 Å². The molecule has 1 heterocycles. The minimum absolute atomic E-state index is 0.162. The van der Waals surface area contributed by atoms with E-state index in [9.17, 15) is 0 Å². The monoisotopic (exact) mass is 578 g/mol. The molecular weight excluding hydrogens is 529 g/mol. The van der Waals surface area contributed by atoms with Gasteiger partial charge in [-0.1, -0.05) is 0 Å². The van der Waals surface area contributed by atoms with Gasteiger partial charge in [0.2, 0.25) is 0 Å². The standard InChI is InChI=1S/C29H48ClGeN3P/c1-19(2)23-12-11-13-24(20(3)4)26(23)34(31-30)25-21-14-15-22(18-21)27(25)35-32(28(5,6)7)16-17-33(35)29(8,9)10/h11-13,19-22,31H,14-18H2,1-10H3. The average Bonchev–Trinajstić information content (AvgIpc) is 3.47. The zero-order valence-electron chi connectivity index (χ0n) is 23.8. The first-order valence-corrected chi connectivity index (χ1v) is 19.2. The van der Waals surface area contributed by atoms with Crippen molar-refractivity contribution in [2.75, 3.05) is 16.9 Å². The third-order valence-electron chi connectivity index (χ3n) is 8.15. The molecule has 1 radical (unpaired) electrons. The van der Waals surface area contributed by atoms with Crippen molar-refractivity contribution in [2.45, 2.75) is 111 Å². The average molecular weight is 578 g/mol. The Hall–Kier alpha value is -0.0571. The molecule has 0 N–H and O–H groups in total. The summed E-state index contributed by atoms with van der Waals surface area (Å²) in [6.45, 7) is 26.2. The molecule has 4 rings (SSSR count). The van der Waals surface area contributed by atoms with Crippen LogP contribution in [0.25, 0.3) is 0 Å². The molecule has 3 nitrogen and oxygen atoms in total. The number of nitrogens with zero attached hydrogens (tertiary/aromatic N) is 3. The second kappa shape index (κ2) is 10.3. The van der Waals surface area contributed by atoms with Gasteiger partial charge in [-0.05, 0) is 0 Å². The van der Waals surface area contributed by atoms with Crippen LogP contribution < -0.4 is 3.86 Å². The van der Waals surface area contributed by atoms with Crippen LogP contribution in [-0.4, -0.2) is 48.2 Å². The van der Waals surface area contributed by atoms with Crippen LogP contribution in [0.1, 0.15) is 111 Å². The summed E-state index contributed by atoms with van der Waals surface area (Å²) in [6.07, 6.45) is 4.04. The van der Waals surface area contributed by atoms with Crippen molar-refractivity contribution in [1.29, 1.82) is 0 Å². The summed E-state index contributed by atoms with van der Waals surface area (Å²) >= 11 is -1.15. The van der Waals surface area contributed by atoms with Crippen LogP contribution >= 0.6 is 18.2 Å². The Balaban J connectivity index is 1.95. The minimum atomic E-state index is -1.15. The summed E-state index contributed by atoms with van der Waals surface area (Å²) in [6, 6.07) is 6.99. The van der Waals surface area contributed by atoms with Gasteiger partial charge < -0.3 is 0 Å². The van der Waals surface area contributed by atoms with Gasteiger partial charge in [0.25, 0.3) is 0 Å². The van der Waals surface area contributed by atoms with Crippen LogP contribution in [0.15, 0.2) is 29.2 Å². The summed E-state index contributed by atoms with van der Waals surface area (Å²) in [4.78, 5) is 0. The van der Waals surface area contributed by atoms with Crippen LogP contribution in [0.3, 0.4) is 0 Å². The van der Waals surface area contributed by atoms with Gasteiger partial charge in [-0.3, -0.25) is 0 Å². The van der Waals surface area contributed by atoms with E-state index in [1.54, 1.807) is 11.0 Å². The van der Waals surface area contributed by atoms with Gasteiger partial charge >= 0.3 is 229 Å². The topological polar surface area (TPSA) is 9.72 Å². The van der Waals surface area contributed by atoms with E-state index < -0.39 is 22.9 Å². The number of rotatable bonds is 6. The number of halogens is 1. The molecule has 3 aliphatic rings. The van der Waals surface area contributed by atoms with Crippen molar-refractivity contribution in [1.82, 2.24) is 9.34 Å². The van der Waals surface area contributed by atoms with Gasteiger partial charge in [0.05, 0.1) is 0 Å². The first-order valence-electron chi connectivity index (χ1n) is 13.7. The maximum atomic E-state index is 7.13. The molecule has 1 saturated heterocycles. The number of hydrogen-bond donors (Lipinski definition) is 0. The van der Waals surface area contributed by atoms with Crippen molar-refractivity contribution < 1.29 is 0 Å². The SMILES string of the molecule is CC(C)c1cccc(C(C)C)c1[N]([GeH][Cl])C1=C(P2N(C(C)(C)C)CCN2C(C)(C)C)C2CCC1C2. The van der Waals surface area contributed by atoms with Gasteiger partial charge in [-0.2, -0.15) is 0 Å². The number of allylic oxidation sites excluding steroid dienone is 2. The molecular formula is C29H48ClGeN3P. The predicted octanol–water partition coefficient (Wildman–Crippen LogP) is 8.41. The van der Waals surface area contributed by atoms with E-state index in [4.69, 9.17) is 10.0 Å². The maximum absolute atomic E-state index is 7.13. The summed E-state index contributed by atoms with van der Waals surface area (Å²) in [5, 5.41) is 1.78. The van der Waals surface area contributed by atoms with Gasteiger partial charge in [0, 0.05) is 0 Å². The van der Waals surface area contributed by atoms with Crippen molar-refractivity contribution in [3.63, 3.8) is 0 Å². The molecule has 195 valence electrons. The van der Waals surface area contributed by atoms with Crippen molar-refractivity contribution in [3.05, 3.63) is 40.3 Å². The summed E-state index contributed by atoms with van der Waals surface area (Å²) in [5.41, 5.74) is 6.39. The van der Waals surface area contributed by atoms with E-state index in [1.165, 1.54) is 49.2 Å². The number of hydrogen-bond acceptors (Lipinski definition) is 3. The Morgan fingerprint density at radius 1 is 0.886 bits per heavy atom. The zero-order chi connectivity index (χ0) is 25.9. The molecule has 0 amide bonds. The van der Waals surface area contributed by atoms with Crippen LogP contribution in [0.4, 0.5) is 5.69 Å². The van der Waals surface area contributed by atoms with E-state index in [0.717, 1.165) is 5.92 Å². The number of para-hydroxylation sites is 1. The predicted molar refractivity (Wildman–Crippen MR) is 158 cm³/mol. The van der Waals surface area contributed by atoms with Gasteiger partial charge in [0.15, 0.2) is 0 Å². The summed E-state index contributed by atoms with van der Waals surface area (Å²) < 4.78 is 8.45. The van der Waals surface area contributed by atoms with Gasteiger partial charge in [-0.15, -0.1) is 0 Å². The molecule has 0 aromatic heterocycles. The Bertz CT molecular complexity index is 913. The van der Waals surface area contributed by atoms with E-state index >= 15 is 0 Å². The molecule has 2 unspecified atom stereocenters. The first kappa shape index (κ1) is 28.0. The Morgan fingerprint density at radius 2 is 1.37 bits per heavy atom. The fourth-order valence-electron chi connectivity index (χ4n) is 6.50. The molecule has 6 heteroatoms. The summed E-state index contributed by atoms with van der Waals surface area (Å²) in [7, 11) is 6.61. The van der Waals surface area contributed by atoms with E-state index in [0.29, 0.717) is 17.8 Å². The van der Waals surface area contributed by atoms with Gasteiger partial charge in [-0.25, -0.2) is 0 Å². The molecule has 0 spiro atoms. The van der Waals surface area contributed by atoms with E-state index in [-0.39, 0.29) is 11.1 Å². The molecule has 1 aromatic rings. The molecule has 2 fully saturated rings. The molecule has 1 aromatic carbocycles. The number of anilines is 1. The molecule has 2 aliphatic carbocycles. The van der Waals surface area contributed by atoms with Crippen LogP contribution in [0, 0.1) is 11.8 Å². The number of fused-ring (bicyclic) bond motifs is 2. The molecule has 1 aliphatic heterocycles. The van der Waals surface area contributed by atoms with Crippen molar-refractivity contribution >= 4 is 38.6 Å². The molecule has 35 heavy (non-hydrogen) atoms. The second-order valence-corrected chi connectivity index (χ2v) is 18.0. The fraction of sp³-hybridized carbons (Fsp3) is 0.724. The molecule has 2 atom stereocenters. The van der Waals surface area contributed by atoms with Crippen LogP contribution in [-0.2, 0) is 0 Å². The number of benzene rings is 1. The Labute approximate surface area is 227 Å². The van der Waals surface area contributed by atoms with E-state index in [1.807, 2.05) is 0 Å².